The van der Waals surface area contributed by atoms with Crippen LogP contribution in [0.1, 0.15) is 0 Å². The molecule has 0 aliphatic carbocycles. The molecule has 0 aromatic carbocycles. The van der Waals surface area contributed by atoms with Crippen LogP contribution < -0.4 is 0 Å². The quantitative estimate of drug-likeness (QED) is 0.572. The largest absolute Gasteiger partial charge is 0.468 e. The Morgan fingerprint density at radius 2 is 1.80 bits per heavy atom. The average Bonchev–Trinajstić information content (AvgIpc) is 2.17. The van der Waals surface area contributed by atoms with Gasteiger partial charge in [0.25, 0.3) is 0 Å². The zero-order valence-corrected chi connectivity index (χ0v) is 9.79. The molecule has 0 amide bonds. The van der Waals surface area contributed by atoms with Gasteiger partial charge in [0.1, 0.15) is 0 Å². The van der Waals surface area contributed by atoms with Gasteiger partial charge in [0, 0.05) is 26.2 Å². The van der Waals surface area contributed by atoms with Crippen molar-refractivity contribution in [2.24, 2.45) is 0 Å². The van der Waals surface area contributed by atoms with E-state index in [9.17, 15) is 13.2 Å². The molecular formula is C8H16N2O4S. The van der Waals surface area contributed by atoms with Gasteiger partial charge in [0.15, 0.2) is 0 Å². The zero-order chi connectivity index (χ0) is 11.5. The van der Waals surface area contributed by atoms with Crippen LogP contribution in [-0.2, 0) is 19.6 Å². The molecule has 0 aromatic rings. The van der Waals surface area contributed by atoms with Crippen LogP contribution in [0.4, 0.5) is 0 Å². The molecule has 0 atom stereocenters. The standard InChI is InChI=1S/C8H16N2O4S/c1-14-8(11)7-9-3-5-10(6-4-9)15(2,12)13/h3-7H2,1-2H3. The number of nitrogens with zero attached hydrogens (tertiary/aromatic N) is 2. The summed E-state index contributed by atoms with van der Waals surface area (Å²) in [5.74, 6) is -0.289. The molecule has 1 aliphatic rings. The normalized spacial score (nSPS) is 20.1. The number of piperazine rings is 1. The number of hydrogen-bond donors (Lipinski definition) is 0. The van der Waals surface area contributed by atoms with Crippen LogP contribution in [0.25, 0.3) is 0 Å². The van der Waals surface area contributed by atoms with Gasteiger partial charge in [0.05, 0.1) is 19.9 Å². The van der Waals surface area contributed by atoms with E-state index in [-0.39, 0.29) is 12.5 Å². The van der Waals surface area contributed by atoms with Crippen molar-refractivity contribution in [1.29, 1.82) is 0 Å². The number of methoxy groups -OCH3 is 1. The minimum absolute atomic E-state index is 0.230. The fourth-order valence-electron chi connectivity index (χ4n) is 1.47. The lowest BCUT2D eigenvalue weighted by Gasteiger charge is -2.32. The summed E-state index contributed by atoms with van der Waals surface area (Å²) >= 11 is 0. The molecule has 88 valence electrons. The maximum absolute atomic E-state index is 11.2. The van der Waals surface area contributed by atoms with Crippen LogP contribution in [0.2, 0.25) is 0 Å². The third-order valence-corrected chi connectivity index (χ3v) is 3.68. The summed E-state index contributed by atoms with van der Waals surface area (Å²) in [6.07, 6.45) is 1.20. The van der Waals surface area contributed by atoms with Crippen molar-refractivity contribution >= 4 is 16.0 Å². The molecule has 6 nitrogen and oxygen atoms in total. The number of ether oxygens (including phenoxy) is 1. The SMILES string of the molecule is COC(=O)CN1CCN(S(C)(=O)=O)CC1. The molecule has 0 bridgehead atoms. The topological polar surface area (TPSA) is 66.9 Å². The van der Waals surface area contributed by atoms with Gasteiger partial charge >= 0.3 is 5.97 Å². The number of carbonyl (C=O) groups excluding carboxylic acids is 1. The van der Waals surface area contributed by atoms with E-state index in [0.717, 1.165) is 0 Å². The van der Waals surface area contributed by atoms with E-state index >= 15 is 0 Å². The van der Waals surface area contributed by atoms with Crippen LogP contribution >= 0.6 is 0 Å². The molecule has 0 saturated carbocycles. The van der Waals surface area contributed by atoms with E-state index in [0.29, 0.717) is 26.2 Å². The average molecular weight is 236 g/mol. The Morgan fingerprint density at radius 1 is 1.27 bits per heavy atom. The van der Waals surface area contributed by atoms with Gasteiger partial charge in [0.2, 0.25) is 10.0 Å². The van der Waals surface area contributed by atoms with Crippen LogP contribution in [0.5, 0.6) is 0 Å². The Balaban J connectivity index is 2.40. The highest BCUT2D eigenvalue weighted by Gasteiger charge is 2.24. The predicted octanol–water partition coefficient (Wildman–Crippen LogP) is -1.26. The third-order valence-electron chi connectivity index (χ3n) is 2.38. The molecule has 0 unspecified atom stereocenters. The maximum atomic E-state index is 11.2. The molecule has 0 N–H and O–H groups in total. The van der Waals surface area contributed by atoms with Gasteiger partial charge in [-0.25, -0.2) is 8.42 Å². The van der Waals surface area contributed by atoms with Gasteiger partial charge in [-0.2, -0.15) is 4.31 Å². The molecule has 1 heterocycles. The smallest absolute Gasteiger partial charge is 0.319 e. The van der Waals surface area contributed by atoms with E-state index in [2.05, 4.69) is 4.74 Å². The van der Waals surface area contributed by atoms with Crippen LogP contribution in [0.3, 0.4) is 0 Å². The van der Waals surface area contributed by atoms with Crippen LogP contribution in [-0.4, -0.2) is 69.7 Å². The van der Waals surface area contributed by atoms with E-state index in [1.54, 1.807) is 0 Å². The first-order chi connectivity index (χ1) is 6.93. The first-order valence-electron chi connectivity index (χ1n) is 4.68. The van der Waals surface area contributed by atoms with Crippen molar-refractivity contribution < 1.29 is 17.9 Å². The highest BCUT2D eigenvalue weighted by molar-refractivity contribution is 7.88. The van der Waals surface area contributed by atoms with Gasteiger partial charge in [-0.15, -0.1) is 0 Å². The number of carbonyl (C=O) groups is 1. The minimum atomic E-state index is -3.09. The molecule has 0 spiro atoms. The van der Waals surface area contributed by atoms with Crippen molar-refractivity contribution in [2.45, 2.75) is 0 Å². The summed E-state index contributed by atoms with van der Waals surface area (Å²) in [7, 11) is -1.75. The highest BCUT2D eigenvalue weighted by Crippen LogP contribution is 2.05. The van der Waals surface area contributed by atoms with E-state index < -0.39 is 10.0 Å². The van der Waals surface area contributed by atoms with Gasteiger partial charge in [-0.3, -0.25) is 9.69 Å². The van der Waals surface area contributed by atoms with Crippen molar-refractivity contribution in [3.8, 4) is 0 Å². The summed E-state index contributed by atoms with van der Waals surface area (Å²) in [6.45, 7) is 2.25. The fourth-order valence-corrected chi connectivity index (χ4v) is 2.29. The summed E-state index contributed by atoms with van der Waals surface area (Å²) in [4.78, 5) is 12.8. The molecule has 7 heteroatoms. The van der Waals surface area contributed by atoms with Crippen molar-refractivity contribution in [1.82, 2.24) is 9.21 Å². The first-order valence-corrected chi connectivity index (χ1v) is 6.52. The number of rotatable bonds is 3. The molecule has 0 aromatic heterocycles. The maximum Gasteiger partial charge on any atom is 0.319 e. The van der Waals surface area contributed by atoms with Crippen molar-refractivity contribution in [3.05, 3.63) is 0 Å². The molecular weight excluding hydrogens is 220 g/mol. The van der Waals surface area contributed by atoms with E-state index in [1.165, 1.54) is 17.7 Å². The van der Waals surface area contributed by atoms with Gasteiger partial charge in [-0.1, -0.05) is 0 Å². The molecule has 1 aliphatic heterocycles. The Hall–Kier alpha value is -0.660. The van der Waals surface area contributed by atoms with Crippen LogP contribution in [0.15, 0.2) is 0 Å². The first kappa shape index (κ1) is 12.4. The minimum Gasteiger partial charge on any atom is -0.468 e. The van der Waals surface area contributed by atoms with Crippen LogP contribution in [0, 0.1) is 0 Å². The zero-order valence-electron chi connectivity index (χ0n) is 8.97. The summed E-state index contributed by atoms with van der Waals surface area (Å²) in [6, 6.07) is 0. The molecule has 0 radical (unpaired) electrons. The summed E-state index contributed by atoms with van der Waals surface area (Å²) in [5, 5.41) is 0. The van der Waals surface area contributed by atoms with E-state index in [4.69, 9.17) is 0 Å². The highest BCUT2D eigenvalue weighted by atomic mass is 32.2. The number of hydrogen-bond acceptors (Lipinski definition) is 5. The lowest BCUT2D eigenvalue weighted by molar-refractivity contribution is -0.142. The lowest BCUT2D eigenvalue weighted by Crippen LogP contribution is -2.49. The Bertz CT molecular complexity index is 320. The second kappa shape index (κ2) is 4.91. The lowest BCUT2D eigenvalue weighted by atomic mass is 10.3. The number of sulfonamides is 1. The number of esters is 1. The Morgan fingerprint density at radius 3 is 2.20 bits per heavy atom. The Kier molecular flexibility index (Phi) is 4.06. The predicted molar refractivity (Wildman–Crippen MR) is 54.9 cm³/mol. The second-order valence-electron chi connectivity index (χ2n) is 3.51. The van der Waals surface area contributed by atoms with Crippen molar-refractivity contribution in [3.63, 3.8) is 0 Å². The van der Waals surface area contributed by atoms with Gasteiger partial charge in [-0.05, 0) is 0 Å². The molecule has 1 saturated heterocycles. The van der Waals surface area contributed by atoms with Crippen molar-refractivity contribution in [2.75, 3.05) is 46.1 Å². The van der Waals surface area contributed by atoms with E-state index in [1.807, 2.05) is 4.90 Å². The molecule has 1 fully saturated rings. The van der Waals surface area contributed by atoms with Gasteiger partial charge < -0.3 is 4.74 Å². The summed E-state index contributed by atoms with van der Waals surface area (Å²) < 4.78 is 28.3. The fraction of sp³-hybridized carbons (Fsp3) is 0.875. The molecule has 1 rings (SSSR count). The monoisotopic (exact) mass is 236 g/mol. The molecule has 15 heavy (non-hydrogen) atoms. The third kappa shape index (κ3) is 3.77. The Labute approximate surface area is 89.8 Å². The second-order valence-corrected chi connectivity index (χ2v) is 5.50. The summed E-state index contributed by atoms with van der Waals surface area (Å²) in [5.41, 5.74) is 0.